The topological polar surface area (TPSA) is 79.4 Å². The zero-order chi connectivity index (χ0) is 25.1. The Morgan fingerprint density at radius 2 is 1.83 bits per heavy atom. The number of hydrogen-bond acceptors (Lipinski definition) is 6. The van der Waals surface area contributed by atoms with Crippen molar-refractivity contribution in [1.82, 2.24) is 14.7 Å². The molecule has 0 fully saturated rings. The summed E-state index contributed by atoms with van der Waals surface area (Å²) in [6.45, 7) is 2.64. The number of rotatable bonds is 8. The Morgan fingerprint density at radius 3 is 2.61 bits per heavy atom. The van der Waals surface area contributed by atoms with Crippen LogP contribution >= 0.6 is 11.6 Å². The molecule has 0 saturated carbocycles. The molecule has 0 aliphatic heterocycles. The second-order valence-electron chi connectivity index (χ2n) is 8.16. The van der Waals surface area contributed by atoms with Crippen molar-refractivity contribution in [3.8, 4) is 39.7 Å². The van der Waals surface area contributed by atoms with E-state index in [-0.39, 0.29) is 12.4 Å². The highest BCUT2D eigenvalue weighted by molar-refractivity contribution is 6.35. The lowest BCUT2D eigenvalue weighted by Gasteiger charge is -2.09. The number of carbonyl (C=O) groups excluding carboxylic acids is 1. The number of fused-ring (bicyclic) bond motifs is 1. The van der Waals surface area contributed by atoms with Crippen LogP contribution in [0.25, 0.3) is 44.9 Å². The molecule has 0 aliphatic carbocycles. The minimum Gasteiger partial charge on any atom is -0.496 e. The van der Waals surface area contributed by atoms with E-state index in [1.807, 2.05) is 77.5 Å². The van der Waals surface area contributed by atoms with E-state index >= 15 is 0 Å². The van der Waals surface area contributed by atoms with Gasteiger partial charge in [-0.1, -0.05) is 47.1 Å². The van der Waals surface area contributed by atoms with Gasteiger partial charge in [-0.05, 0) is 48.9 Å². The molecule has 8 heteroatoms. The van der Waals surface area contributed by atoms with E-state index in [0.717, 1.165) is 38.9 Å². The van der Waals surface area contributed by atoms with Crippen molar-refractivity contribution in [1.29, 1.82) is 0 Å². The molecule has 0 radical (unpaired) electrons. The molecule has 182 valence electrons. The average Bonchev–Trinajstić information content (AvgIpc) is 3.53. The van der Waals surface area contributed by atoms with Gasteiger partial charge >= 0.3 is 5.97 Å². The predicted molar refractivity (Wildman–Crippen MR) is 139 cm³/mol. The number of aromatic nitrogens is 3. The van der Waals surface area contributed by atoms with E-state index in [9.17, 15) is 4.79 Å². The van der Waals surface area contributed by atoms with Crippen molar-refractivity contribution in [3.63, 3.8) is 0 Å². The standard InChI is InChI=1S/C28H24ClN3O4/c1-3-35-26(33)13-14-32-17-23(29)22-15-19(9-11-24(22)32)27-30-28(36-31-27)20-10-12-25(34-2)21(16-20)18-7-5-4-6-8-18/h4-12,15-17H,3,13-14H2,1-2H3. The van der Waals surface area contributed by atoms with Gasteiger partial charge in [-0.2, -0.15) is 4.98 Å². The number of aryl methyl sites for hydroxylation is 1. The molecule has 5 rings (SSSR count). The molecule has 0 amide bonds. The third kappa shape index (κ3) is 4.70. The minimum atomic E-state index is -0.236. The van der Waals surface area contributed by atoms with Gasteiger partial charge in [-0.25, -0.2) is 0 Å². The van der Waals surface area contributed by atoms with E-state index in [1.165, 1.54) is 0 Å². The van der Waals surface area contributed by atoms with Crippen molar-refractivity contribution >= 4 is 28.5 Å². The first-order chi connectivity index (χ1) is 17.6. The highest BCUT2D eigenvalue weighted by Gasteiger charge is 2.16. The fourth-order valence-electron chi connectivity index (χ4n) is 4.16. The maximum absolute atomic E-state index is 11.8. The van der Waals surface area contributed by atoms with E-state index in [4.69, 9.17) is 25.6 Å². The van der Waals surface area contributed by atoms with E-state index < -0.39 is 0 Å². The van der Waals surface area contributed by atoms with Gasteiger partial charge in [0.25, 0.3) is 5.89 Å². The van der Waals surface area contributed by atoms with Crippen LogP contribution in [0.5, 0.6) is 5.75 Å². The van der Waals surface area contributed by atoms with Crippen molar-refractivity contribution in [2.75, 3.05) is 13.7 Å². The van der Waals surface area contributed by atoms with Crippen LogP contribution in [0.2, 0.25) is 5.02 Å². The van der Waals surface area contributed by atoms with Crippen molar-refractivity contribution in [2.24, 2.45) is 0 Å². The highest BCUT2D eigenvalue weighted by Crippen LogP contribution is 2.35. The molecule has 0 aliphatic rings. The largest absolute Gasteiger partial charge is 0.496 e. The summed E-state index contributed by atoms with van der Waals surface area (Å²) < 4.78 is 18.1. The lowest BCUT2D eigenvalue weighted by atomic mass is 10.0. The van der Waals surface area contributed by atoms with Gasteiger partial charge in [0.2, 0.25) is 5.82 Å². The first-order valence-corrected chi connectivity index (χ1v) is 12.0. The number of ether oxygens (including phenoxy) is 2. The number of nitrogens with zero attached hydrogens (tertiary/aromatic N) is 3. The quantitative estimate of drug-likeness (QED) is 0.222. The van der Waals surface area contributed by atoms with Crippen LogP contribution in [0.15, 0.2) is 77.4 Å². The maximum atomic E-state index is 11.8. The fraction of sp³-hybridized carbons (Fsp3) is 0.179. The maximum Gasteiger partial charge on any atom is 0.307 e. The van der Waals surface area contributed by atoms with E-state index in [2.05, 4.69) is 10.1 Å². The van der Waals surface area contributed by atoms with Gasteiger partial charge in [-0.15, -0.1) is 0 Å². The van der Waals surface area contributed by atoms with Gasteiger partial charge in [0.05, 0.1) is 25.2 Å². The second-order valence-corrected chi connectivity index (χ2v) is 8.57. The molecule has 2 aromatic heterocycles. The van der Waals surface area contributed by atoms with E-state index in [1.54, 1.807) is 14.0 Å². The lowest BCUT2D eigenvalue weighted by Crippen LogP contribution is -2.08. The number of halogens is 1. The number of carbonyl (C=O) groups is 1. The van der Waals surface area contributed by atoms with Crippen LogP contribution in [-0.4, -0.2) is 34.4 Å². The SMILES string of the molecule is CCOC(=O)CCn1cc(Cl)c2cc(-c3noc(-c4ccc(OC)c(-c5ccccc5)c4)n3)ccc21. The van der Waals surface area contributed by atoms with Gasteiger partial charge in [-0.3, -0.25) is 4.79 Å². The fourth-order valence-corrected chi connectivity index (χ4v) is 4.43. The minimum absolute atomic E-state index is 0.236. The van der Waals surface area contributed by atoms with Gasteiger partial charge in [0.1, 0.15) is 5.75 Å². The normalized spacial score (nSPS) is 11.1. The van der Waals surface area contributed by atoms with Crippen LogP contribution in [0.1, 0.15) is 13.3 Å². The van der Waals surface area contributed by atoms with Crippen LogP contribution < -0.4 is 4.74 Å². The number of benzene rings is 3. The van der Waals surface area contributed by atoms with Crippen molar-refractivity contribution < 1.29 is 18.8 Å². The Morgan fingerprint density at radius 1 is 1.03 bits per heavy atom. The summed E-state index contributed by atoms with van der Waals surface area (Å²) in [6.07, 6.45) is 2.09. The van der Waals surface area contributed by atoms with Gasteiger partial charge in [0.15, 0.2) is 0 Å². The van der Waals surface area contributed by atoms with Crippen molar-refractivity contribution in [2.45, 2.75) is 19.9 Å². The van der Waals surface area contributed by atoms with E-state index in [0.29, 0.717) is 29.9 Å². The molecule has 36 heavy (non-hydrogen) atoms. The molecular weight excluding hydrogens is 478 g/mol. The third-order valence-corrected chi connectivity index (χ3v) is 6.21. The third-order valence-electron chi connectivity index (χ3n) is 5.91. The average molecular weight is 502 g/mol. The first-order valence-electron chi connectivity index (χ1n) is 11.6. The molecule has 3 aromatic carbocycles. The smallest absolute Gasteiger partial charge is 0.307 e. The van der Waals surface area contributed by atoms with Gasteiger partial charge < -0.3 is 18.6 Å². The van der Waals surface area contributed by atoms with Crippen LogP contribution in [0.3, 0.4) is 0 Å². The summed E-state index contributed by atoms with van der Waals surface area (Å²) in [5.74, 6) is 1.39. The molecule has 7 nitrogen and oxygen atoms in total. The number of esters is 1. The summed E-state index contributed by atoms with van der Waals surface area (Å²) in [4.78, 5) is 16.4. The summed E-state index contributed by atoms with van der Waals surface area (Å²) in [5.41, 5.74) is 4.45. The Hall–Kier alpha value is -4.10. The molecule has 0 atom stereocenters. The Labute approximate surface area is 213 Å². The number of hydrogen-bond donors (Lipinski definition) is 0. The molecule has 0 saturated heterocycles. The molecule has 0 N–H and O–H groups in total. The molecular formula is C28H24ClN3O4. The van der Waals surface area contributed by atoms with Crippen molar-refractivity contribution in [3.05, 3.63) is 77.9 Å². The lowest BCUT2D eigenvalue weighted by molar-refractivity contribution is -0.143. The van der Waals surface area contributed by atoms with Crippen LogP contribution in [0, 0.1) is 0 Å². The highest BCUT2D eigenvalue weighted by atomic mass is 35.5. The molecule has 2 heterocycles. The Kier molecular flexibility index (Phi) is 6.73. The van der Waals surface area contributed by atoms with Crippen LogP contribution in [0.4, 0.5) is 0 Å². The second kappa shape index (κ2) is 10.3. The van der Waals surface area contributed by atoms with Gasteiger partial charge in [0, 0.05) is 40.3 Å². The summed E-state index contributed by atoms with van der Waals surface area (Å²) in [6, 6.07) is 21.6. The monoisotopic (exact) mass is 501 g/mol. The first kappa shape index (κ1) is 23.6. The molecule has 5 aromatic rings. The Balaban J connectivity index is 1.44. The summed E-state index contributed by atoms with van der Waals surface area (Å²) in [5, 5.41) is 5.64. The predicted octanol–water partition coefficient (Wildman–Crippen LogP) is 6.64. The van der Waals surface area contributed by atoms with Crippen LogP contribution in [-0.2, 0) is 16.1 Å². The molecule has 0 spiro atoms. The zero-order valence-electron chi connectivity index (χ0n) is 19.9. The summed E-state index contributed by atoms with van der Waals surface area (Å²) >= 11 is 6.51. The number of methoxy groups -OCH3 is 1. The molecule has 0 unspecified atom stereocenters. The Bertz CT molecular complexity index is 1520. The molecule has 0 bridgehead atoms. The summed E-state index contributed by atoms with van der Waals surface area (Å²) in [7, 11) is 1.65. The zero-order valence-corrected chi connectivity index (χ0v) is 20.7.